The summed E-state index contributed by atoms with van der Waals surface area (Å²) in [6, 6.07) is 10.9. The van der Waals surface area contributed by atoms with Crippen molar-refractivity contribution >= 4 is 11.9 Å². The molecule has 1 saturated heterocycles. The van der Waals surface area contributed by atoms with Gasteiger partial charge in [0.25, 0.3) is 5.91 Å². The molecule has 1 amide bonds. The average Bonchev–Trinajstić information content (AvgIpc) is 3.21. The van der Waals surface area contributed by atoms with Crippen molar-refractivity contribution in [1.82, 2.24) is 9.47 Å². The van der Waals surface area contributed by atoms with Crippen LogP contribution in [0.3, 0.4) is 0 Å². The highest BCUT2D eigenvalue weighted by atomic mass is 16.5. The van der Waals surface area contributed by atoms with Gasteiger partial charge in [-0.3, -0.25) is 9.59 Å². The Hall–Kier alpha value is -2.76. The zero-order valence-electron chi connectivity index (χ0n) is 13.7. The first kappa shape index (κ1) is 16.1. The summed E-state index contributed by atoms with van der Waals surface area (Å²) in [5, 5.41) is 9.58. The highest BCUT2D eigenvalue weighted by molar-refractivity contribution is 5.93. The molecule has 1 aliphatic rings. The Morgan fingerprint density at radius 1 is 1.21 bits per heavy atom. The third-order valence-corrected chi connectivity index (χ3v) is 4.61. The first-order valence-electron chi connectivity index (χ1n) is 7.78. The number of hydrogen-bond acceptors (Lipinski definition) is 3. The van der Waals surface area contributed by atoms with Crippen molar-refractivity contribution < 1.29 is 19.4 Å². The fraction of sp³-hybridized carbons (Fsp3) is 0.333. The van der Waals surface area contributed by atoms with Crippen LogP contribution in [-0.4, -0.2) is 46.6 Å². The van der Waals surface area contributed by atoms with Crippen LogP contribution in [-0.2, 0) is 11.8 Å². The van der Waals surface area contributed by atoms with E-state index in [2.05, 4.69) is 0 Å². The summed E-state index contributed by atoms with van der Waals surface area (Å²) in [4.78, 5) is 26.0. The number of carbonyl (C=O) groups is 2. The molecule has 2 atom stereocenters. The van der Waals surface area contributed by atoms with Crippen molar-refractivity contribution in [1.29, 1.82) is 0 Å². The molecule has 0 saturated carbocycles. The number of aryl methyl sites for hydroxylation is 1. The molecule has 2 heterocycles. The molecule has 0 bridgehead atoms. The van der Waals surface area contributed by atoms with Crippen molar-refractivity contribution in [3.8, 4) is 5.75 Å². The van der Waals surface area contributed by atoms with E-state index in [1.807, 2.05) is 24.3 Å². The number of rotatable bonds is 4. The topological polar surface area (TPSA) is 71.8 Å². The third kappa shape index (κ3) is 2.87. The molecule has 0 spiro atoms. The quantitative estimate of drug-likeness (QED) is 0.931. The van der Waals surface area contributed by atoms with Crippen LogP contribution in [0.4, 0.5) is 0 Å². The van der Waals surface area contributed by atoms with Crippen LogP contribution in [0.1, 0.15) is 22.0 Å². The molecule has 1 aromatic heterocycles. The van der Waals surface area contributed by atoms with Gasteiger partial charge >= 0.3 is 5.97 Å². The number of carboxylic acids is 1. The monoisotopic (exact) mass is 328 g/mol. The Morgan fingerprint density at radius 3 is 2.62 bits per heavy atom. The first-order chi connectivity index (χ1) is 11.5. The number of amides is 1. The zero-order valence-corrected chi connectivity index (χ0v) is 13.7. The highest BCUT2D eigenvalue weighted by Gasteiger charge is 2.41. The van der Waals surface area contributed by atoms with E-state index < -0.39 is 11.9 Å². The van der Waals surface area contributed by atoms with E-state index in [9.17, 15) is 14.7 Å². The van der Waals surface area contributed by atoms with E-state index in [0.29, 0.717) is 18.0 Å². The summed E-state index contributed by atoms with van der Waals surface area (Å²) in [5.74, 6) is -1.21. The van der Waals surface area contributed by atoms with Gasteiger partial charge in [-0.05, 0) is 29.8 Å². The van der Waals surface area contributed by atoms with Gasteiger partial charge < -0.3 is 19.3 Å². The molecular weight excluding hydrogens is 308 g/mol. The van der Waals surface area contributed by atoms with Crippen LogP contribution >= 0.6 is 0 Å². The van der Waals surface area contributed by atoms with Crippen LogP contribution in [0.25, 0.3) is 0 Å². The zero-order chi connectivity index (χ0) is 17.3. The molecule has 1 aromatic carbocycles. The predicted octanol–water partition coefficient (Wildman–Crippen LogP) is 1.97. The molecule has 1 aliphatic heterocycles. The minimum absolute atomic E-state index is 0.140. The minimum atomic E-state index is -0.884. The van der Waals surface area contributed by atoms with Crippen molar-refractivity contribution in [2.45, 2.75) is 5.92 Å². The molecule has 126 valence electrons. The van der Waals surface area contributed by atoms with Gasteiger partial charge in [-0.15, -0.1) is 0 Å². The molecular formula is C18H20N2O4. The molecule has 1 fully saturated rings. The van der Waals surface area contributed by atoms with Gasteiger partial charge in [0.05, 0.1) is 13.0 Å². The lowest BCUT2D eigenvalue weighted by atomic mass is 9.89. The largest absolute Gasteiger partial charge is 0.497 e. The molecule has 0 radical (unpaired) electrons. The molecule has 24 heavy (non-hydrogen) atoms. The number of hydrogen-bond donors (Lipinski definition) is 1. The maximum atomic E-state index is 12.7. The summed E-state index contributed by atoms with van der Waals surface area (Å²) >= 11 is 0. The number of ether oxygens (including phenoxy) is 1. The minimum Gasteiger partial charge on any atom is -0.497 e. The highest BCUT2D eigenvalue weighted by Crippen LogP contribution is 2.35. The van der Waals surface area contributed by atoms with Crippen LogP contribution < -0.4 is 4.74 Å². The molecule has 0 aliphatic carbocycles. The third-order valence-electron chi connectivity index (χ3n) is 4.61. The predicted molar refractivity (Wildman–Crippen MR) is 88.2 cm³/mol. The SMILES string of the molecule is COc1cccc([C@@H]2CN(C(=O)c3cccn3C)C[C@H]2C(=O)O)c1. The molecule has 0 unspecified atom stereocenters. The van der Waals surface area contributed by atoms with Gasteiger partial charge in [0.1, 0.15) is 11.4 Å². The van der Waals surface area contributed by atoms with Crippen LogP contribution in [0, 0.1) is 5.92 Å². The number of benzene rings is 1. The van der Waals surface area contributed by atoms with E-state index in [1.54, 1.807) is 42.0 Å². The first-order valence-corrected chi connectivity index (χ1v) is 7.78. The lowest BCUT2D eigenvalue weighted by Crippen LogP contribution is -2.31. The van der Waals surface area contributed by atoms with Crippen molar-refractivity contribution in [3.05, 3.63) is 53.9 Å². The van der Waals surface area contributed by atoms with Crippen LogP contribution in [0.5, 0.6) is 5.75 Å². The Balaban J connectivity index is 1.88. The van der Waals surface area contributed by atoms with Gasteiger partial charge in [-0.25, -0.2) is 0 Å². The summed E-state index contributed by atoms with van der Waals surface area (Å²) in [5.41, 5.74) is 1.44. The number of nitrogens with zero attached hydrogens (tertiary/aromatic N) is 2. The van der Waals surface area contributed by atoms with Gasteiger partial charge in [-0.1, -0.05) is 12.1 Å². The fourth-order valence-corrected chi connectivity index (χ4v) is 3.28. The Bertz CT molecular complexity index is 768. The van der Waals surface area contributed by atoms with Gasteiger partial charge in [0, 0.05) is 32.3 Å². The number of aromatic nitrogens is 1. The number of carbonyl (C=O) groups excluding carboxylic acids is 1. The lowest BCUT2D eigenvalue weighted by Gasteiger charge is -2.17. The van der Waals surface area contributed by atoms with E-state index in [4.69, 9.17) is 4.74 Å². The number of methoxy groups -OCH3 is 1. The number of carboxylic acid groups (broad SMARTS) is 1. The smallest absolute Gasteiger partial charge is 0.308 e. The lowest BCUT2D eigenvalue weighted by molar-refractivity contribution is -0.141. The second-order valence-electron chi connectivity index (χ2n) is 6.04. The normalized spacial score (nSPS) is 20.2. The maximum Gasteiger partial charge on any atom is 0.308 e. The number of aliphatic carboxylic acids is 1. The fourth-order valence-electron chi connectivity index (χ4n) is 3.28. The Labute approximate surface area is 140 Å². The Morgan fingerprint density at radius 2 is 2.00 bits per heavy atom. The van der Waals surface area contributed by atoms with E-state index in [1.165, 1.54) is 0 Å². The van der Waals surface area contributed by atoms with Crippen molar-refractivity contribution in [2.24, 2.45) is 13.0 Å². The van der Waals surface area contributed by atoms with Gasteiger partial charge in [0.2, 0.25) is 0 Å². The maximum absolute atomic E-state index is 12.7. The van der Waals surface area contributed by atoms with Crippen LogP contribution in [0.2, 0.25) is 0 Å². The van der Waals surface area contributed by atoms with Crippen molar-refractivity contribution in [2.75, 3.05) is 20.2 Å². The molecule has 2 aromatic rings. The van der Waals surface area contributed by atoms with Gasteiger partial charge in [0.15, 0.2) is 0 Å². The summed E-state index contributed by atoms with van der Waals surface area (Å²) in [6.45, 7) is 0.593. The van der Waals surface area contributed by atoms with Crippen molar-refractivity contribution in [3.63, 3.8) is 0 Å². The van der Waals surface area contributed by atoms with E-state index >= 15 is 0 Å². The van der Waals surface area contributed by atoms with E-state index in [-0.39, 0.29) is 18.4 Å². The summed E-state index contributed by atoms with van der Waals surface area (Å²) in [6.07, 6.45) is 1.80. The molecule has 6 heteroatoms. The van der Waals surface area contributed by atoms with Gasteiger partial charge in [-0.2, -0.15) is 0 Å². The second-order valence-corrected chi connectivity index (χ2v) is 6.04. The van der Waals surface area contributed by atoms with E-state index in [0.717, 1.165) is 5.56 Å². The standard InChI is InChI=1S/C18H20N2O4/c1-19-8-4-7-16(19)17(21)20-10-14(15(11-20)18(22)23)12-5-3-6-13(9-12)24-2/h3-9,14-15H,10-11H2,1-2H3,(H,22,23)/t14-,15+/m0/s1. The summed E-state index contributed by atoms with van der Waals surface area (Å²) < 4.78 is 6.97. The second kappa shape index (κ2) is 6.39. The number of likely N-dealkylation sites (tertiary alicyclic amines) is 1. The molecule has 1 N–H and O–H groups in total. The van der Waals surface area contributed by atoms with Crippen LogP contribution in [0.15, 0.2) is 42.6 Å². The Kier molecular flexibility index (Phi) is 4.29. The molecule has 6 nitrogen and oxygen atoms in total. The summed E-state index contributed by atoms with van der Waals surface area (Å²) in [7, 11) is 3.38. The molecule has 3 rings (SSSR count). The average molecular weight is 328 g/mol.